The molecule has 0 saturated heterocycles. The van der Waals surface area contributed by atoms with Crippen LogP contribution in [0.3, 0.4) is 0 Å². The molecular formula is C11H20N4. The molecule has 4 nitrogen and oxygen atoms in total. The van der Waals surface area contributed by atoms with Crippen molar-refractivity contribution in [1.82, 2.24) is 20.1 Å². The molecular weight excluding hydrogens is 188 g/mol. The smallest absolute Gasteiger partial charge is 0.146 e. The number of nitrogens with one attached hydrogen (secondary N) is 1. The summed E-state index contributed by atoms with van der Waals surface area (Å²) >= 11 is 0. The molecule has 0 amide bonds. The van der Waals surface area contributed by atoms with Crippen LogP contribution < -0.4 is 5.32 Å². The van der Waals surface area contributed by atoms with E-state index in [0.29, 0.717) is 5.41 Å². The zero-order valence-electron chi connectivity index (χ0n) is 9.88. The molecule has 1 aromatic rings. The number of aromatic nitrogens is 3. The zero-order valence-corrected chi connectivity index (χ0v) is 9.88. The Bertz CT molecular complexity index is 338. The highest BCUT2D eigenvalue weighted by Crippen LogP contribution is 2.47. The highest BCUT2D eigenvalue weighted by molar-refractivity contribution is 4.96. The second-order valence-electron chi connectivity index (χ2n) is 4.68. The van der Waals surface area contributed by atoms with Crippen LogP contribution in [0.25, 0.3) is 0 Å². The third kappa shape index (κ3) is 2.20. The van der Waals surface area contributed by atoms with E-state index in [-0.39, 0.29) is 0 Å². The molecule has 0 radical (unpaired) electrons. The standard InChI is InChI=1S/C11H20N4/c1-4-11(5-6-11)8-12-7-10-14-13-9(2)15(10)3/h12H,4-8H2,1-3H3. The van der Waals surface area contributed by atoms with E-state index in [2.05, 4.69) is 22.4 Å². The fourth-order valence-electron chi connectivity index (χ4n) is 1.88. The van der Waals surface area contributed by atoms with Gasteiger partial charge in [-0.2, -0.15) is 0 Å². The van der Waals surface area contributed by atoms with Gasteiger partial charge in [-0.3, -0.25) is 0 Å². The monoisotopic (exact) mass is 208 g/mol. The zero-order chi connectivity index (χ0) is 10.9. The number of rotatable bonds is 5. The average molecular weight is 208 g/mol. The topological polar surface area (TPSA) is 42.7 Å². The molecule has 0 aliphatic heterocycles. The minimum Gasteiger partial charge on any atom is -0.317 e. The maximum atomic E-state index is 4.13. The summed E-state index contributed by atoms with van der Waals surface area (Å²) in [7, 11) is 2.01. The van der Waals surface area contributed by atoms with Gasteiger partial charge in [0.05, 0.1) is 6.54 Å². The molecule has 0 spiro atoms. The Morgan fingerprint density at radius 2 is 2.13 bits per heavy atom. The maximum Gasteiger partial charge on any atom is 0.146 e. The molecule has 1 aromatic heterocycles. The average Bonchev–Trinajstić information content (AvgIpc) is 2.96. The number of hydrogen-bond acceptors (Lipinski definition) is 3. The van der Waals surface area contributed by atoms with Crippen LogP contribution in [0.15, 0.2) is 0 Å². The summed E-state index contributed by atoms with van der Waals surface area (Å²) in [5.74, 6) is 2.00. The van der Waals surface area contributed by atoms with E-state index < -0.39 is 0 Å². The lowest BCUT2D eigenvalue weighted by Crippen LogP contribution is -2.24. The summed E-state index contributed by atoms with van der Waals surface area (Å²) < 4.78 is 2.04. The SMILES string of the molecule is CCC1(CNCc2nnc(C)n2C)CC1. The van der Waals surface area contributed by atoms with Crippen molar-refractivity contribution in [2.75, 3.05) is 6.54 Å². The van der Waals surface area contributed by atoms with Crippen molar-refractivity contribution in [2.24, 2.45) is 12.5 Å². The summed E-state index contributed by atoms with van der Waals surface area (Å²) in [5.41, 5.74) is 0.605. The summed E-state index contributed by atoms with van der Waals surface area (Å²) in [6.45, 7) is 6.21. The lowest BCUT2D eigenvalue weighted by Gasteiger charge is -2.12. The first-order valence-corrected chi connectivity index (χ1v) is 5.72. The first-order valence-electron chi connectivity index (χ1n) is 5.72. The summed E-state index contributed by atoms with van der Waals surface area (Å²) in [6, 6.07) is 0. The molecule has 0 bridgehead atoms. The molecule has 1 heterocycles. The Balaban J connectivity index is 1.81. The molecule has 0 unspecified atom stereocenters. The van der Waals surface area contributed by atoms with E-state index in [1.807, 2.05) is 18.5 Å². The minimum absolute atomic E-state index is 0.605. The van der Waals surface area contributed by atoms with Crippen LogP contribution in [-0.4, -0.2) is 21.3 Å². The van der Waals surface area contributed by atoms with E-state index in [9.17, 15) is 0 Å². The van der Waals surface area contributed by atoms with Gasteiger partial charge in [0.25, 0.3) is 0 Å². The largest absolute Gasteiger partial charge is 0.317 e. The van der Waals surface area contributed by atoms with E-state index in [1.54, 1.807) is 0 Å². The number of nitrogens with zero attached hydrogens (tertiary/aromatic N) is 3. The highest BCUT2D eigenvalue weighted by Gasteiger charge is 2.39. The van der Waals surface area contributed by atoms with E-state index >= 15 is 0 Å². The van der Waals surface area contributed by atoms with Gasteiger partial charge in [0.2, 0.25) is 0 Å². The van der Waals surface area contributed by atoms with Crippen LogP contribution in [0, 0.1) is 12.3 Å². The van der Waals surface area contributed by atoms with Crippen molar-refractivity contribution < 1.29 is 0 Å². The molecule has 84 valence electrons. The Hall–Kier alpha value is -0.900. The van der Waals surface area contributed by atoms with Crippen molar-refractivity contribution in [1.29, 1.82) is 0 Å². The maximum absolute atomic E-state index is 4.13. The van der Waals surface area contributed by atoms with Gasteiger partial charge in [-0.25, -0.2) is 0 Å². The van der Waals surface area contributed by atoms with Crippen LogP contribution in [-0.2, 0) is 13.6 Å². The number of aryl methyl sites for hydroxylation is 1. The first-order chi connectivity index (χ1) is 7.17. The Morgan fingerprint density at radius 1 is 1.40 bits per heavy atom. The molecule has 1 fully saturated rings. The quantitative estimate of drug-likeness (QED) is 0.795. The van der Waals surface area contributed by atoms with Crippen molar-refractivity contribution in [3.63, 3.8) is 0 Å². The molecule has 1 saturated carbocycles. The third-order valence-corrected chi connectivity index (χ3v) is 3.67. The van der Waals surface area contributed by atoms with E-state index in [0.717, 1.165) is 24.7 Å². The van der Waals surface area contributed by atoms with Gasteiger partial charge in [-0.1, -0.05) is 6.92 Å². The lowest BCUT2D eigenvalue weighted by molar-refractivity contribution is 0.437. The Kier molecular flexibility index (Phi) is 2.78. The second-order valence-corrected chi connectivity index (χ2v) is 4.68. The molecule has 1 aliphatic rings. The third-order valence-electron chi connectivity index (χ3n) is 3.67. The number of hydrogen-bond donors (Lipinski definition) is 1. The summed E-state index contributed by atoms with van der Waals surface area (Å²) in [4.78, 5) is 0. The highest BCUT2D eigenvalue weighted by atomic mass is 15.3. The molecule has 0 aromatic carbocycles. The van der Waals surface area contributed by atoms with Gasteiger partial charge >= 0.3 is 0 Å². The van der Waals surface area contributed by atoms with Gasteiger partial charge in [0, 0.05) is 13.6 Å². The van der Waals surface area contributed by atoms with Crippen LogP contribution in [0.5, 0.6) is 0 Å². The molecule has 1 N–H and O–H groups in total. The molecule has 0 atom stereocenters. The van der Waals surface area contributed by atoms with E-state index in [1.165, 1.54) is 19.3 Å². The molecule has 2 rings (SSSR count). The van der Waals surface area contributed by atoms with Crippen molar-refractivity contribution in [3.8, 4) is 0 Å². The minimum atomic E-state index is 0.605. The van der Waals surface area contributed by atoms with Crippen molar-refractivity contribution in [3.05, 3.63) is 11.6 Å². The molecule has 4 heteroatoms. The van der Waals surface area contributed by atoms with E-state index in [4.69, 9.17) is 0 Å². The summed E-state index contributed by atoms with van der Waals surface area (Å²) in [6.07, 6.45) is 4.06. The Morgan fingerprint density at radius 3 is 2.60 bits per heavy atom. The molecule has 15 heavy (non-hydrogen) atoms. The first kappa shape index (κ1) is 10.6. The summed E-state index contributed by atoms with van der Waals surface area (Å²) in [5, 5.41) is 11.7. The fraction of sp³-hybridized carbons (Fsp3) is 0.818. The van der Waals surface area contributed by atoms with Crippen LogP contribution in [0.1, 0.15) is 37.8 Å². The predicted octanol–water partition coefficient (Wildman–Crippen LogP) is 1.40. The van der Waals surface area contributed by atoms with Crippen molar-refractivity contribution >= 4 is 0 Å². The van der Waals surface area contributed by atoms with Gasteiger partial charge in [0.1, 0.15) is 11.6 Å². The second kappa shape index (κ2) is 3.93. The normalized spacial score (nSPS) is 18.1. The van der Waals surface area contributed by atoms with Gasteiger partial charge < -0.3 is 9.88 Å². The van der Waals surface area contributed by atoms with Crippen LogP contribution >= 0.6 is 0 Å². The fourth-order valence-corrected chi connectivity index (χ4v) is 1.88. The predicted molar refractivity (Wildman–Crippen MR) is 59.4 cm³/mol. The lowest BCUT2D eigenvalue weighted by atomic mass is 10.0. The Labute approximate surface area is 91.1 Å². The molecule has 1 aliphatic carbocycles. The van der Waals surface area contributed by atoms with Crippen LogP contribution in [0.2, 0.25) is 0 Å². The van der Waals surface area contributed by atoms with Crippen LogP contribution in [0.4, 0.5) is 0 Å². The van der Waals surface area contributed by atoms with Gasteiger partial charge in [0.15, 0.2) is 0 Å². The van der Waals surface area contributed by atoms with Gasteiger partial charge in [-0.15, -0.1) is 10.2 Å². The van der Waals surface area contributed by atoms with Crippen molar-refractivity contribution in [2.45, 2.75) is 39.7 Å². The van der Waals surface area contributed by atoms with Gasteiger partial charge in [-0.05, 0) is 31.6 Å².